The summed E-state index contributed by atoms with van der Waals surface area (Å²) in [6.45, 7) is 3.27. The Kier molecular flexibility index (Phi) is 4.33. The quantitative estimate of drug-likeness (QED) is 0.703. The molecule has 2 saturated heterocycles. The number of hydrogen-bond acceptors (Lipinski definition) is 5. The number of sulfone groups is 1. The van der Waals surface area contributed by atoms with Gasteiger partial charge in [-0.3, -0.25) is 14.5 Å². The molecule has 0 aromatic heterocycles. The molecule has 2 heterocycles. The molecule has 1 N–H and O–H groups in total. The molecule has 2 rings (SSSR count). The Morgan fingerprint density at radius 2 is 2.00 bits per heavy atom. The minimum atomic E-state index is -3.01. The molecule has 0 bridgehead atoms. The Morgan fingerprint density at radius 3 is 2.45 bits per heavy atom. The predicted octanol–water partition coefficient (Wildman–Crippen LogP) is -0.962. The minimum absolute atomic E-state index is 0.0460. The Morgan fingerprint density at radius 1 is 1.35 bits per heavy atom. The van der Waals surface area contributed by atoms with Crippen molar-refractivity contribution >= 4 is 21.7 Å². The summed E-state index contributed by atoms with van der Waals surface area (Å²) in [5.74, 6) is -1.14. The second-order valence-electron chi connectivity index (χ2n) is 5.47. The fourth-order valence-corrected chi connectivity index (χ4v) is 4.53. The normalized spacial score (nSPS) is 26.1. The van der Waals surface area contributed by atoms with E-state index in [0.717, 1.165) is 0 Å². The number of nitrogens with zero attached hydrogens (tertiary/aromatic N) is 2. The lowest BCUT2D eigenvalue weighted by molar-refractivity contribution is -0.150. The van der Waals surface area contributed by atoms with E-state index in [1.54, 1.807) is 9.80 Å². The van der Waals surface area contributed by atoms with Crippen molar-refractivity contribution in [2.75, 3.05) is 37.7 Å². The summed E-state index contributed by atoms with van der Waals surface area (Å²) in [4.78, 5) is 26.3. The third kappa shape index (κ3) is 3.29. The van der Waals surface area contributed by atoms with Crippen LogP contribution in [0.3, 0.4) is 0 Å². The predicted molar refractivity (Wildman–Crippen MR) is 72.0 cm³/mol. The Balaban J connectivity index is 1.86. The van der Waals surface area contributed by atoms with Gasteiger partial charge in [-0.25, -0.2) is 8.42 Å². The topological polar surface area (TPSA) is 95.0 Å². The van der Waals surface area contributed by atoms with E-state index in [1.807, 2.05) is 6.92 Å². The van der Waals surface area contributed by atoms with Gasteiger partial charge in [0, 0.05) is 25.7 Å². The maximum Gasteiger partial charge on any atom is 0.309 e. The Labute approximate surface area is 118 Å². The van der Waals surface area contributed by atoms with Gasteiger partial charge in [0.1, 0.15) is 0 Å². The van der Waals surface area contributed by atoms with E-state index < -0.39 is 15.8 Å². The zero-order valence-corrected chi connectivity index (χ0v) is 12.3. The first-order chi connectivity index (χ1) is 9.32. The smallest absolute Gasteiger partial charge is 0.309 e. The highest BCUT2D eigenvalue weighted by molar-refractivity contribution is 7.91. The average Bonchev–Trinajstić information content (AvgIpc) is 2.64. The number of likely N-dealkylation sites (N-methyl/N-ethyl adjacent to an activating group) is 1. The molecule has 0 saturated carbocycles. The molecule has 1 unspecified atom stereocenters. The Bertz CT molecular complexity index is 498. The molecule has 0 aromatic carbocycles. The van der Waals surface area contributed by atoms with Crippen LogP contribution in [0.2, 0.25) is 0 Å². The SMILES string of the molecule is CCN(C(=O)CN1CC(C(=O)O)C1)C1CCS(=O)(=O)C1. The fourth-order valence-electron chi connectivity index (χ4n) is 2.80. The van der Waals surface area contributed by atoms with Gasteiger partial charge >= 0.3 is 5.97 Å². The van der Waals surface area contributed by atoms with Crippen molar-refractivity contribution in [2.24, 2.45) is 5.92 Å². The molecule has 0 spiro atoms. The summed E-state index contributed by atoms with van der Waals surface area (Å²) in [6, 6.07) is -0.228. The lowest BCUT2D eigenvalue weighted by atomic mass is 10.0. The fraction of sp³-hybridized carbons (Fsp3) is 0.833. The van der Waals surface area contributed by atoms with Gasteiger partial charge in [0.15, 0.2) is 9.84 Å². The first kappa shape index (κ1) is 15.2. The second kappa shape index (κ2) is 5.69. The van der Waals surface area contributed by atoms with Gasteiger partial charge in [0.25, 0.3) is 0 Å². The zero-order chi connectivity index (χ0) is 14.9. The van der Waals surface area contributed by atoms with E-state index in [0.29, 0.717) is 26.1 Å². The van der Waals surface area contributed by atoms with Gasteiger partial charge in [-0.2, -0.15) is 0 Å². The van der Waals surface area contributed by atoms with Crippen molar-refractivity contribution in [2.45, 2.75) is 19.4 Å². The van der Waals surface area contributed by atoms with E-state index in [9.17, 15) is 18.0 Å². The molecule has 114 valence electrons. The summed E-state index contributed by atoms with van der Waals surface area (Å²) < 4.78 is 23.0. The van der Waals surface area contributed by atoms with Crippen LogP contribution >= 0.6 is 0 Å². The molecule has 2 aliphatic heterocycles. The van der Waals surface area contributed by atoms with Gasteiger partial charge in [-0.05, 0) is 13.3 Å². The maximum atomic E-state index is 12.2. The number of carboxylic acid groups (broad SMARTS) is 1. The molecule has 0 aromatic rings. The van der Waals surface area contributed by atoms with Gasteiger partial charge in [0.2, 0.25) is 5.91 Å². The van der Waals surface area contributed by atoms with Crippen molar-refractivity contribution in [1.29, 1.82) is 0 Å². The van der Waals surface area contributed by atoms with Crippen molar-refractivity contribution in [3.05, 3.63) is 0 Å². The van der Waals surface area contributed by atoms with Crippen LogP contribution in [0.1, 0.15) is 13.3 Å². The molecule has 20 heavy (non-hydrogen) atoms. The number of carbonyl (C=O) groups is 2. The molecule has 2 fully saturated rings. The van der Waals surface area contributed by atoms with Crippen molar-refractivity contribution in [1.82, 2.24) is 9.80 Å². The molecule has 1 atom stereocenters. The zero-order valence-electron chi connectivity index (χ0n) is 11.5. The third-order valence-corrected chi connectivity index (χ3v) is 5.73. The molecule has 1 amide bonds. The number of likely N-dealkylation sites (tertiary alicyclic amines) is 1. The number of carboxylic acids is 1. The van der Waals surface area contributed by atoms with Crippen LogP contribution in [-0.4, -0.2) is 78.9 Å². The second-order valence-corrected chi connectivity index (χ2v) is 7.69. The minimum Gasteiger partial charge on any atom is -0.481 e. The van der Waals surface area contributed by atoms with Crippen molar-refractivity contribution in [3.8, 4) is 0 Å². The van der Waals surface area contributed by atoms with Gasteiger partial charge in [-0.15, -0.1) is 0 Å². The van der Waals surface area contributed by atoms with Crippen LogP contribution in [-0.2, 0) is 19.4 Å². The number of hydrogen-bond donors (Lipinski definition) is 1. The molecule has 7 nitrogen and oxygen atoms in total. The van der Waals surface area contributed by atoms with E-state index in [2.05, 4.69) is 0 Å². The highest BCUT2D eigenvalue weighted by Crippen LogP contribution is 2.20. The summed E-state index contributed by atoms with van der Waals surface area (Å²) >= 11 is 0. The van der Waals surface area contributed by atoms with E-state index in [-0.39, 0.29) is 35.9 Å². The summed E-state index contributed by atoms with van der Waals surface area (Å²) in [6.07, 6.45) is 0.500. The maximum absolute atomic E-state index is 12.2. The lowest BCUT2D eigenvalue weighted by Gasteiger charge is -2.38. The van der Waals surface area contributed by atoms with E-state index in [4.69, 9.17) is 5.11 Å². The van der Waals surface area contributed by atoms with Crippen molar-refractivity contribution < 1.29 is 23.1 Å². The molecule has 2 aliphatic rings. The molecule has 0 aliphatic carbocycles. The highest BCUT2D eigenvalue weighted by Gasteiger charge is 2.37. The number of carbonyl (C=O) groups excluding carboxylic acids is 1. The van der Waals surface area contributed by atoms with Crippen LogP contribution in [0.15, 0.2) is 0 Å². The number of amides is 1. The van der Waals surface area contributed by atoms with Gasteiger partial charge < -0.3 is 10.0 Å². The molecular formula is C12H20N2O5S. The molecular weight excluding hydrogens is 284 g/mol. The summed E-state index contributed by atoms with van der Waals surface area (Å²) in [5.41, 5.74) is 0. The highest BCUT2D eigenvalue weighted by atomic mass is 32.2. The summed E-state index contributed by atoms with van der Waals surface area (Å²) in [5, 5.41) is 8.78. The monoisotopic (exact) mass is 304 g/mol. The van der Waals surface area contributed by atoms with Gasteiger partial charge in [0.05, 0.1) is 24.0 Å². The van der Waals surface area contributed by atoms with Crippen molar-refractivity contribution in [3.63, 3.8) is 0 Å². The summed E-state index contributed by atoms with van der Waals surface area (Å²) in [7, 11) is -3.01. The average molecular weight is 304 g/mol. The standard InChI is InChI=1S/C12H20N2O5S/c1-2-14(10-3-4-20(18,19)8-10)11(15)7-13-5-9(6-13)12(16)17/h9-10H,2-8H2,1H3,(H,16,17). The number of aliphatic carboxylic acids is 1. The first-order valence-electron chi connectivity index (χ1n) is 6.77. The number of rotatable bonds is 5. The lowest BCUT2D eigenvalue weighted by Crippen LogP contribution is -2.55. The van der Waals surface area contributed by atoms with Crippen LogP contribution in [0.4, 0.5) is 0 Å². The van der Waals surface area contributed by atoms with Crippen LogP contribution in [0.5, 0.6) is 0 Å². The van der Waals surface area contributed by atoms with Crippen LogP contribution < -0.4 is 0 Å². The largest absolute Gasteiger partial charge is 0.481 e. The van der Waals surface area contributed by atoms with Crippen LogP contribution in [0.25, 0.3) is 0 Å². The third-order valence-electron chi connectivity index (χ3n) is 3.98. The first-order valence-corrected chi connectivity index (χ1v) is 8.59. The molecule has 8 heteroatoms. The van der Waals surface area contributed by atoms with Gasteiger partial charge in [-0.1, -0.05) is 0 Å². The molecule has 0 radical (unpaired) electrons. The van der Waals surface area contributed by atoms with E-state index >= 15 is 0 Å². The van der Waals surface area contributed by atoms with E-state index in [1.165, 1.54) is 0 Å². The van der Waals surface area contributed by atoms with Crippen LogP contribution in [0, 0.1) is 5.92 Å². The Hall–Kier alpha value is -1.15.